The van der Waals surface area contributed by atoms with Gasteiger partial charge in [-0.2, -0.15) is 0 Å². The summed E-state index contributed by atoms with van der Waals surface area (Å²) in [6.07, 6.45) is 9.22. The Kier molecular flexibility index (Phi) is 5.89. The SMILES string of the molecule is CC(=O)N1C2C=C(CN3CCC(Nc4ccc5cc(Cl)ccc5n4)CC3)CC1CCC2. The number of nitrogens with zero attached hydrogens (tertiary/aromatic N) is 3. The minimum Gasteiger partial charge on any atom is -0.367 e. The number of aromatic nitrogens is 1. The number of hydrogen-bond donors (Lipinski definition) is 1. The topological polar surface area (TPSA) is 48.5 Å². The molecular weight excluding hydrogens is 408 g/mol. The Morgan fingerprint density at radius 2 is 2.00 bits per heavy atom. The molecule has 1 amide bonds. The molecule has 0 radical (unpaired) electrons. The Labute approximate surface area is 189 Å². The lowest BCUT2D eigenvalue weighted by molar-refractivity contribution is -0.135. The van der Waals surface area contributed by atoms with Crippen LogP contribution in [0.3, 0.4) is 0 Å². The molecule has 5 rings (SSSR count). The van der Waals surface area contributed by atoms with Gasteiger partial charge in [0.05, 0.1) is 11.6 Å². The van der Waals surface area contributed by atoms with Gasteiger partial charge in [-0.05, 0) is 68.9 Å². The number of rotatable bonds is 4. The van der Waals surface area contributed by atoms with Crippen LogP contribution in [0.15, 0.2) is 42.0 Å². The van der Waals surface area contributed by atoms with Crippen molar-refractivity contribution < 1.29 is 4.79 Å². The molecule has 2 unspecified atom stereocenters. The molecule has 3 aliphatic rings. The van der Waals surface area contributed by atoms with Crippen LogP contribution >= 0.6 is 11.6 Å². The van der Waals surface area contributed by atoms with Crippen molar-refractivity contribution >= 4 is 34.2 Å². The summed E-state index contributed by atoms with van der Waals surface area (Å²) in [7, 11) is 0. The highest BCUT2D eigenvalue weighted by molar-refractivity contribution is 6.31. The lowest BCUT2D eigenvalue weighted by atomic mass is 9.84. The third-order valence-corrected chi connectivity index (χ3v) is 7.33. The van der Waals surface area contributed by atoms with E-state index in [2.05, 4.69) is 33.3 Å². The molecule has 31 heavy (non-hydrogen) atoms. The molecular formula is C25H31ClN4O. The van der Waals surface area contributed by atoms with E-state index in [1.807, 2.05) is 18.2 Å². The number of halogens is 1. The smallest absolute Gasteiger partial charge is 0.220 e. The van der Waals surface area contributed by atoms with E-state index in [9.17, 15) is 4.79 Å². The maximum atomic E-state index is 12.1. The van der Waals surface area contributed by atoms with E-state index in [4.69, 9.17) is 16.6 Å². The number of hydrogen-bond acceptors (Lipinski definition) is 4. The van der Waals surface area contributed by atoms with Gasteiger partial charge in [-0.25, -0.2) is 4.98 Å². The zero-order valence-electron chi connectivity index (χ0n) is 18.2. The number of nitrogens with one attached hydrogen (secondary N) is 1. The molecule has 2 aromatic rings. The Bertz CT molecular complexity index is 998. The van der Waals surface area contributed by atoms with Crippen LogP contribution in [-0.2, 0) is 4.79 Å². The van der Waals surface area contributed by atoms with E-state index in [1.54, 1.807) is 6.92 Å². The quantitative estimate of drug-likeness (QED) is 0.692. The standard InChI is InChI=1S/C25H31ClN4O/c1-17(31)30-22-3-2-4-23(30)14-18(13-22)16-29-11-9-21(10-12-29)27-25-8-5-19-15-20(26)6-7-24(19)28-25/h5-8,13,15,21-23H,2-4,9-12,14,16H2,1H3,(H,27,28). The highest BCUT2D eigenvalue weighted by Crippen LogP contribution is 2.34. The molecule has 5 nitrogen and oxygen atoms in total. The molecule has 2 bridgehead atoms. The molecule has 3 aliphatic heterocycles. The summed E-state index contributed by atoms with van der Waals surface area (Å²) in [6.45, 7) is 4.98. The number of anilines is 1. The summed E-state index contributed by atoms with van der Waals surface area (Å²) in [5, 5.41) is 5.45. The van der Waals surface area contributed by atoms with E-state index in [0.717, 1.165) is 73.5 Å². The zero-order valence-corrected chi connectivity index (χ0v) is 18.9. The normalized spacial score (nSPS) is 24.8. The van der Waals surface area contributed by atoms with Gasteiger partial charge >= 0.3 is 0 Å². The van der Waals surface area contributed by atoms with Crippen LogP contribution in [0.25, 0.3) is 10.9 Å². The maximum Gasteiger partial charge on any atom is 0.220 e. The van der Waals surface area contributed by atoms with E-state index in [0.29, 0.717) is 18.1 Å². The van der Waals surface area contributed by atoms with Crippen LogP contribution in [-0.4, -0.2) is 58.5 Å². The molecule has 2 fully saturated rings. The largest absolute Gasteiger partial charge is 0.367 e. The second-order valence-corrected chi connectivity index (χ2v) is 9.77. The summed E-state index contributed by atoms with van der Waals surface area (Å²) >= 11 is 6.08. The van der Waals surface area contributed by atoms with Crippen molar-refractivity contribution in [1.29, 1.82) is 0 Å². The van der Waals surface area contributed by atoms with E-state index in [1.165, 1.54) is 12.0 Å². The molecule has 2 atom stereocenters. The minimum absolute atomic E-state index is 0.238. The monoisotopic (exact) mass is 438 g/mol. The number of amides is 1. The lowest BCUT2D eigenvalue weighted by Crippen LogP contribution is -2.51. The second kappa shape index (κ2) is 8.79. The van der Waals surface area contributed by atoms with Gasteiger partial charge in [0, 0.05) is 49.1 Å². The van der Waals surface area contributed by atoms with Crippen LogP contribution in [0, 0.1) is 0 Å². The van der Waals surface area contributed by atoms with Gasteiger partial charge in [0.15, 0.2) is 0 Å². The maximum absolute atomic E-state index is 12.1. The fourth-order valence-corrected chi connectivity index (χ4v) is 5.82. The third-order valence-electron chi connectivity index (χ3n) is 7.09. The third kappa shape index (κ3) is 4.58. The number of piperidine rings is 2. The Balaban J connectivity index is 1.16. The zero-order chi connectivity index (χ0) is 21.4. The molecule has 6 heteroatoms. The summed E-state index contributed by atoms with van der Waals surface area (Å²) in [5.41, 5.74) is 2.51. The predicted molar refractivity (Wildman–Crippen MR) is 126 cm³/mol. The number of carbonyl (C=O) groups excluding carboxylic acids is 1. The van der Waals surface area contributed by atoms with Crippen LogP contribution in [0.4, 0.5) is 5.82 Å². The van der Waals surface area contributed by atoms with Crippen molar-refractivity contribution in [2.45, 2.75) is 63.6 Å². The average Bonchev–Trinajstić information content (AvgIpc) is 2.74. The average molecular weight is 439 g/mol. The number of carbonyl (C=O) groups is 1. The molecule has 0 saturated carbocycles. The van der Waals surface area contributed by atoms with Crippen molar-refractivity contribution in [2.75, 3.05) is 25.0 Å². The van der Waals surface area contributed by atoms with Gasteiger partial charge in [0.2, 0.25) is 5.91 Å². The first-order chi connectivity index (χ1) is 15.0. The predicted octanol–water partition coefficient (Wildman–Crippen LogP) is 4.86. The number of likely N-dealkylation sites (tertiary alicyclic amines) is 1. The molecule has 1 aromatic carbocycles. The molecule has 0 aliphatic carbocycles. The first-order valence-electron chi connectivity index (χ1n) is 11.6. The second-order valence-electron chi connectivity index (χ2n) is 9.34. The summed E-state index contributed by atoms with van der Waals surface area (Å²) in [4.78, 5) is 21.5. The fraction of sp³-hybridized carbons (Fsp3) is 0.520. The highest BCUT2D eigenvalue weighted by atomic mass is 35.5. The number of pyridine rings is 1. The Hall–Kier alpha value is -2.11. The first-order valence-corrected chi connectivity index (χ1v) is 12.0. The van der Waals surface area contributed by atoms with Gasteiger partial charge < -0.3 is 10.2 Å². The highest BCUT2D eigenvalue weighted by Gasteiger charge is 2.35. The Morgan fingerprint density at radius 3 is 2.77 bits per heavy atom. The van der Waals surface area contributed by atoms with Crippen molar-refractivity contribution in [3.63, 3.8) is 0 Å². The summed E-state index contributed by atoms with van der Waals surface area (Å²) in [6, 6.07) is 11.2. The summed E-state index contributed by atoms with van der Waals surface area (Å²) in [5.74, 6) is 1.18. The molecule has 164 valence electrons. The first kappa shape index (κ1) is 20.8. The van der Waals surface area contributed by atoms with Gasteiger partial charge in [-0.1, -0.05) is 23.3 Å². The van der Waals surface area contributed by atoms with Crippen molar-refractivity contribution in [3.8, 4) is 0 Å². The van der Waals surface area contributed by atoms with Crippen LogP contribution < -0.4 is 5.32 Å². The van der Waals surface area contributed by atoms with E-state index < -0.39 is 0 Å². The van der Waals surface area contributed by atoms with Crippen LogP contribution in [0.1, 0.15) is 45.4 Å². The van der Waals surface area contributed by atoms with Crippen LogP contribution in [0.5, 0.6) is 0 Å². The van der Waals surface area contributed by atoms with Gasteiger partial charge in [0.1, 0.15) is 5.82 Å². The molecule has 0 spiro atoms. The van der Waals surface area contributed by atoms with Crippen molar-refractivity contribution in [1.82, 2.24) is 14.8 Å². The van der Waals surface area contributed by atoms with Gasteiger partial charge in [-0.3, -0.25) is 9.69 Å². The van der Waals surface area contributed by atoms with Gasteiger partial charge in [-0.15, -0.1) is 0 Å². The molecule has 4 heterocycles. The molecule has 2 saturated heterocycles. The Morgan fingerprint density at radius 1 is 1.16 bits per heavy atom. The number of benzene rings is 1. The molecule has 1 N–H and O–H groups in total. The summed E-state index contributed by atoms with van der Waals surface area (Å²) < 4.78 is 0. The molecule has 1 aromatic heterocycles. The van der Waals surface area contributed by atoms with E-state index >= 15 is 0 Å². The number of fused-ring (bicyclic) bond motifs is 3. The fourth-order valence-electron chi connectivity index (χ4n) is 5.63. The van der Waals surface area contributed by atoms with E-state index in [-0.39, 0.29) is 5.91 Å². The van der Waals surface area contributed by atoms with Gasteiger partial charge in [0.25, 0.3) is 0 Å². The van der Waals surface area contributed by atoms with Crippen molar-refractivity contribution in [2.24, 2.45) is 0 Å². The minimum atomic E-state index is 0.238. The van der Waals surface area contributed by atoms with Crippen LogP contribution in [0.2, 0.25) is 5.02 Å². The van der Waals surface area contributed by atoms with Crippen molar-refractivity contribution in [3.05, 3.63) is 47.0 Å². The lowest BCUT2D eigenvalue weighted by Gasteiger charge is -2.45.